The molecule has 2 aromatic heterocycles. The molecule has 0 atom stereocenters. The average Bonchev–Trinajstić information content (AvgIpc) is 3.12. The van der Waals surface area contributed by atoms with Gasteiger partial charge < -0.3 is 9.72 Å². The third kappa shape index (κ3) is 4.61. The fourth-order valence-electron chi connectivity index (χ4n) is 3.87. The van der Waals surface area contributed by atoms with E-state index in [1.807, 2.05) is 0 Å². The summed E-state index contributed by atoms with van der Waals surface area (Å²) in [6.45, 7) is 5.17. The van der Waals surface area contributed by atoms with Crippen molar-refractivity contribution < 1.29 is 23.1 Å². The topological polar surface area (TPSA) is 94.1 Å². The van der Waals surface area contributed by atoms with Crippen molar-refractivity contribution in [2.45, 2.75) is 25.9 Å². The summed E-state index contributed by atoms with van der Waals surface area (Å²) in [5.74, 6) is -2.94. The Labute approximate surface area is 203 Å². The van der Waals surface area contributed by atoms with E-state index in [0.29, 0.717) is 23.0 Å². The molecule has 180 valence electrons. The smallest absolute Gasteiger partial charge is 0.340 e. The monoisotopic (exact) mass is 497 g/mol. The van der Waals surface area contributed by atoms with Gasteiger partial charge in [0.2, 0.25) is 0 Å². The maximum absolute atomic E-state index is 14.7. The van der Waals surface area contributed by atoms with Crippen LogP contribution in [-0.2, 0) is 4.74 Å². The molecule has 2 heterocycles. The zero-order chi connectivity index (χ0) is 25.3. The molecule has 0 aliphatic rings. The van der Waals surface area contributed by atoms with Gasteiger partial charge in [-0.1, -0.05) is 23.9 Å². The van der Waals surface area contributed by atoms with Gasteiger partial charge in [0.05, 0.1) is 40.1 Å². The fourth-order valence-corrected chi connectivity index (χ4v) is 4.75. The minimum Gasteiger partial charge on any atom is -0.462 e. The second-order valence-electron chi connectivity index (χ2n) is 7.71. The molecule has 2 aromatic carbocycles. The van der Waals surface area contributed by atoms with Crippen molar-refractivity contribution in [3.05, 3.63) is 87.0 Å². The SMILES string of the molecule is CCOC(=O)c1c(C)[nH]c(C)c1C(=O)CSc1nc2ccccc2c(=O)n1-c1ccc(F)cc1F. The number of Topliss-reactive ketones (excluding diaryl/α,β-unsaturated/α-hetero) is 1. The van der Waals surface area contributed by atoms with Crippen LogP contribution in [-0.4, -0.2) is 38.6 Å². The van der Waals surface area contributed by atoms with Crippen LogP contribution in [0.15, 0.2) is 52.4 Å². The molecule has 4 rings (SSSR count). The second kappa shape index (κ2) is 9.83. The van der Waals surface area contributed by atoms with Crippen LogP contribution in [0.1, 0.15) is 39.0 Å². The van der Waals surface area contributed by atoms with E-state index in [9.17, 15) is 23.2 Å². The van der Waals surface area contributed by atoms with Crippen molar-refractivity contribution in [3.63, 3.8) is 0 Å². The van der Waals surface area contributed by atoms with E-state index >= 15 is 0 Å². The molecular formula is C25H21F2N3O4S. The first-order chi connectivity index (χ1) is 16.7. The molecule has 0 fully saturated rings. The van der Waals surface area contributed by atoms with E-state index < -0.39 is 28.9 Å². The minimum absolute atomic E-state index is 0.0511. The lowest BCUT2D eigenvalue weighted by atomic mass is 10.1. The molecule has 4 aromatic rings. The number of thioether (sulfide) groups is 1. The molecule has 0 saturated heterocycles. The van der Waals surface area contributed by atoms with Crippen LogP contribution in [0.4, 0.5) is 8.78 Å². The lowest BCUT2D eigenvalue weighted by molar-refractivity contribution is 0.0522. The Morgan fingerprint density at radius 2 is 1.80 bits per heavy atom. The van der Waals surface area contributed by atoms with Crippen LogP contribution in [0.25, 0.3) is 16.6 Å². The first-order valence-electron chi connectivity index (χ1n) is 10.7. The number of nitrogens with one attached hydrogen (secondary N) is 1. The Balaban J connectivity index is 1.77. The Bertz CT molecular complexity index is 1530. The lowest BCUT2D eigenvalue weighted by Gasteiger charge is -2.14. The number of aryl methyl sites for hydroxylation is 2. The van der Waals surface area contributed by atoms with Crippen molar-refractivity contribution in [2.75, 3.05) is 12.4 Å². The van der Waals surface area contributed by atoms with Crippen LogP contribution < -0.4 is 5.56 Å². The molecule has 7 nitrogen and oxygen atoms in total. The maximum atomic E-state index is 14.7. The van der Waals surface area contributed by atoms with Crippen LogP contribution in [0.5, 0.6) is 0 Å². The first kappa shape index (κ1) is 24.3. The number of H-pyrrole nitrogens is 1. The summed E-state index contributed by atoms with van der Waals surface area (Å²) in [4.78, 5) is 46.4. The van der Waals surface area contributed by atoms with Gasteiger partial charge in [-0.3, -0.25) is 14.2 Å². The molecule has 0 amide bonds. The first-order valence-corrected chi connectivity index (χ1v) is 11.7. The fraction of sp³-hybridized carbons (Fsp3) is 0.200. The molecule has 0 aliphatic carbocycles. The van der Waals surface area contributed by atoms with Gasteiger partial charge in [0.25, 0.3) is 5.56 Å². The summed E-state index contributed by atoms with van der Waals surface area (Å²) in [6, 6.07) is 9.40. The third-order valence-electron chi connectivity index (χ3n) is 5.36. The second-order valence-corrected chi connectivity index (χ2v) is 8.65. The molecule has 0 radical (unpaired) electrons. The highest BCUT2D eigenvalue weighted by molar-refractivity contribution is 7.99. The van der Waals surface area contributed by atoms with Gasteiger partial charge >= 0.3 is 5.97 Å². The molecular weight excluding hydrogens is 476 g/mol. The molecule has 0 unspecified atom stereocenters. The lowest BCUT2D eigenvalue weighted by Crippen LogP contribution is -2.23. The van der Waals surface area contributed by atoms with Crippen molar-refractivity contribution in [1.29, 1.82) is 0 Å². The van der Waals surface area contributed by atoms with Gasteiger partial charge in [-0.05, 0) is 45.0 Å². The van der Waals surface area contributed by atoms with Crippen LogP contribution >= 0.6 is 11.8 Å². The molecule has 35 heavy (non-hydrogen) atoms. The number of carbonyl (C=O) groups is 2. The highest BCUT2D eigenvalue weighted by Crippen LogP contribution is 2.26. The Kier molecular flexibility index (Phi) is 6.83. The average molecular weight is 498 g/mol. The van der Waals surface area contributed by atoms with E-state index in [2.05, 4.69) is 9.97 Å². The number of ketones is 1. The summed E-state index contributed by atoms with van der Waals surface area (Å²) < 4.78 is 34.3. The quantitative estimate of drug-likeness (QED) is 0.171. The van der Waals surface area contributed by atoms with E-state index in [1.165, 1.54) is 0 Å². The van der Waals surface area contributed by atoms with Crippen molar-refractivity contribution in [1.82, 2.24) is 14.5 Å². The highest BCUT2D eigenvalue weighted by Gasteiger charge is 2.26. The number of benzene rings is 2. The molecule has 1 N–H and O–H groups in total. The van der Waals surface area contributed by atoms with E-state index in [0.717, 1.165) is 28.5 Å². The zero-order valence-electron chi connectivity index (χ0n) is 19.1. The number of fused-ring (bicyclic) bond motifs is 1. The van der Waals surface area contributed by atoms with Gasteiger partial charge in [0, 0.05) is 17.5 Å². The van der Waals surface area contributed by atoms with Crippen molar-refractivity contribution in [2.24, 2.45) is 0 Å². The maximum Gasteiger partial charge on any atom is 0.340 e. The predicted molar refractivity (Wildman–Crippen MR) is 129 cm³/mol. The molecule has 10 heteroatoms. The summed E-state index contributed by atoms with van der Waals surface area (Å²) >= 11 is 0.914. The largest absolute Gasteiger partial charge is 0.462 e. The van der Waals surface area contributed by atoms with Gasteiger partial charge in [0.15, 0.2) is 10.9 Å². The van der Waals surface area contributed by atoms with E-state index in [1.54, 1.807) is 45.0 Å². The van der Waals surface area contributed by atoms with E-state index in [4.69, 9.17) is 4.74 Å². The Morgan fingerprint density at radius 1 is 1.09 bits per heavy atom. The van der Waals surface area contributed by atoms with Gasteiger partial charge in [-0.25, -0.2) is 18.6 Å². The number of aromatic amines is 1. The Morgan fingerprint density at radius 3 is 2.51 bits per heavy atom. The Hall–Kier alpha value is -3.79. The molecule has 0 saturated carbocycles. The number of esters is 1. The zero-order valence-corrected chi connectivity index (χ0v) is 20.0. The molecule has 0 bridgehead atoms. The van der Waals surface area contributed by atoms with Gasteiger partial charge in [-0.2, -0.15) is 0 Å². The summed E-state index contributed by atoms with van der Waals surface area (Å²) in [7, 11) is 0. The number of ether oxygens (including phenoxy) is 1. The summed E-state index contributed by atoms with van der Waals surface area (Å²) in [5.41, 5.74) is 0.974. The molecule has 0 aliphatic heterocycles. The number of carbonyl (C=O) groups excluding carboxylic acids is 2. The number of hydrogen-bond donors (Lipinski definition) is 1. The summed E-state index contributed by atoms with van der Waals surface area (Å²) in [5, 5.41) is 0.295. The summed E-state index contributed by atoms with van der Waals surface area (Å²) in [6.07, 6.45) is 0. The van der Waals surface area contributed by atoms with Gasteiger partial charge in [-0.15, -0.1) is 0 Å². The third-order valence-corrected chi connectivity index (χ3v) is 6.30. The minimum atomic E-state index is -0.945. The van der Waals surface area contributed by atoms with Crippen LogP contribution in [0.3, 0.4) is 0 Å². The van der Waals surface area contributed by atoms with Gasteiger partial charge in [0.1, 0.15) is 11.6 Å². The molecule has 0 spiro atoms. The highest BCUT2D eigenvalue weighted by atomic mass is 32.2. The normalized spacial score (nSPS) is 11.1. The number of para-hydroxylation sites is 1. The predicted octanol–water partition coefficient (Wildman–Crippen LogP) is 4.76. The van der Waals surface area contributed by atoms with Crippen LogP contribution in [0, 0.1) is 25.5 Å². The van der Waals surface area contributed by atoms with E-state index in [-0.39, 0.29) is 39.7 Å². The number of aromatic nitrogens is 3. The van der Waals surface area contributed by atoms with Crippen molar-refractivity contribution in [3.8, 4) is 5.69 Å². The standard InChI is InChI=1S/C25H21F2N3O4S/c1-4-34-24(33)22-14(3)28-13(2)21(22)20(31)12-35-25-29-18-8-6-5-7-16(18)23(32)30(25)19-10-9-15(26)11-17(19)27/h5-11,28H,4,12H2,1-3H3. The number of rotatable bonds is 7. The van der Waals surface area contributed by atoms with Crippen molar-refractivity contribution >= 4 is 34.4 Å². The number of halogens is 2. The number of hydrogen-bond acceptors (Lipinski definition) is 6. The van der Waals surface area contributed by atoms with Crippen LogP contribution in [0.2, 0.25) is 0 Å². The number of nitrogens with zero attached hydrogens (tertiary/aromatic N) is 2.